The van der Waals surface area contributed by atoms with E-state index in [0.29, 0.717) is 22.3 Å². The van der Waals surface area contributed by atoms with Crippen LogP contribution < -0.4 is 10.9 Å². The highest BCUT2D eigenvalue weighted by Gasteiger charge is 2.08. The van der Waals surface area contributed by atoms with Crippen LogP contribution in [-0.4, -0.2) is 9.78 Å². The number of hydrogen-bond donors (Lipinski definition) is 1. The fourth-order valence-electron chi connectivity index (χ4n) is 1.74. The summed E-state index contributed by atoms with van der Waals surface area (Å²) in [5, 5.41) is 16.0. The van der Waals surface area contributed by atoms with Gasteiger partial charge in [-0.3, -0.25) is 4.79 Å². The molecule has 1 heterocycles. The van der Waals surface area contributed by atoms with E-state index in [2.05, 4.69) is 38.3 Å². The SMILES string of the molecule is C#CCn1ncc(NCc2cccc(C#N)c2)c(Br)c1=O. The Bertz CT molecular complexity index is 799. The van der Waals surface area contributed by atoms with Gasteiger partial charge in [0.2, 0.25) is 0 Å². The van der Waals surface area contributed by atoms with E-state index in [1.807, 2.05) is 12.1 Å². The molecule has 0 radical (unpaired) electrons. The van der Waals surface area contributed by atoms with Gasteiger partial charge < -0.3 is 5.32 Å². The van der Waals surface area contributed by atoms with Gasteiger partial charge in [-0.25, -0.2) is 4.68 Å². The van der Waals surface area contributed by atoms with Crippen LogP contribution in [0.25, 0.3) is 0 Å². The summed E-state index contributed by atoms with van der Waals surface area (Å²) >= 11 is 3.25. The van der Waals surface area contributed by atoms with Gasteiger partial charge in [0.05, 0.1) is 23.5 Å². The molecular weight excluding hydrogens is 332 g/mol. The Labute approximate surface area is 130 Å². The predicted molar refractivity (Wildman–Crippen MR) is 83.5 cm³/mol. The highest BCUT2D eigenvalue weighted by Crippen LogP contribution is 2.17. The molecule has 0 bridgehead atoms. The summed E-state index contributed by atoms with van der Waals surface area (Å²) in [5.41, 5.74) is 1.82. The van der Waals surface area contributed by atoms with Crippen molar-refractivity contribution in [3.8, 4) is 18.4 Å². The van der Waals surface area contributed by atoms with E-state index in [1.165, 1.54) is 10.9 Å². The first kappa shape index (κ1) is 14.8. The Morgan fingerprint density at radius 1 is 1.48 bits per heavy atom. The molecule has 0 saturated carbocycles. The third kappa shape index (κ3) is 3.50. The number of anilines is 1. The number of benzene rings is 1. The molecule has 5 nitrogen and oxygen atoms in total. The lowest BCUT2D eigenvalue weighted by Crippen LogP contribution is -2.24. The van der Waals surface area contributed by atoms with E-state index >= 15 is 0 Å². The second-order valence-corrected chi connectivity index (χ2v) is 5.00. The molecule has 6 heteroatoms. The Morgan fingerprint density at radius 3 is 3.00 bits per heavy atom. The lowest BCUT2D eigenvalue weighted by Gasteiger charge is -2.09. The van der Waals surface area contributed by atoms with Gasteiger partial charge in [-0.15, -0.1) is 6.42 Å². The number of nitrogens with zero attached hydrogens (tertiary/aromatic N) is 3. The smallest absolute Gasteiger partial charge is 0.284 e. The van der Waals surface area contributed by atoms with Gasteiger partial charge in [-0.2, -0.15) is 10.4 Å². The summed E-state index contributed by atoms with van der Waals surface area (Å²) in [5.74, 6) is 2.37. The summed E-state index contributed by atoms with van der Waals surface area (Å²) < 4.78 is 1.58. The van der Waals surface area contributed by atoms with Gasteiger partial charge in [0, 0.05) is 6.54 Å². The summed E-state index contributed by atoms with van der Waals surface area (Å²) in [6, 6.07) is 9.32. The van der Waals surface area contributed by atoms with E-state index in [4.69, 9.17) is 11.7 Å². The quantitative estimate of drug-likeness (QED) is 0.864. The third-order valence-corrected chi connectivity index (χ3v) is 3.53. The van der Waals surface area contributed by atoms with Gasteiger partial charge >= 0.3 is 0 Å². The molecule has 2 rings (SSSR count). The molecule has 0 saturated heterocycles. The first-order valence-corrected chi connectivity index (χ1v) is 6.87. The lowest BCUT2D eigenvalue weighted by atomic mass is 10.1. The highest BCUT2D eigenvalue weighted by molar-refractivity contribution is 9.10. The fourth-order valence-corrected chi connectivity index (χ4v) is 2.18. The molecule has 0 amide bonds. The fraction of sp³-hybridized carbons (Fsp3) is 0.133. The van der Waals surface area contributed by atoms with Crippen molar-refractivity contribution in [1.29, 1.82) is 5.26 Å². The van der Waals surface area contributed by atoms with Crippen LogP contribution in [0.2, 0.25) is 0 Å². The van der Waals surface area contributed by atoms with Crippen molar-refractivity contribution in [3.05, 3.63) is 56.4 Å². The minimum atomic E-state index is -0.288. The molecular formula is C15H11BrN4O. The molecule has 0 aliphatic carbocycles. The molecule has 0 unspecified atom stereocenters. The Morgan fingerprint density at radius 2 is 2.29 bits per heavy atom. The van der Waals surface area contributed by atoms with Crippen molar-refractivity contribution in [2.45, 2.75) is 13.1 Å². The second-order valence-electron chi connectivity index (χ2n) is 4.20. The average molecular weight is 343 g/mol. The number of halogens is 1. The van der Waals surface area contributed by atoms with Gasteiger partial charge in [0.25, 0.3) is 5.56 Å². The molecule has 0 spiro atoms. The summed E-state index contributed by atoms with van der Waals surface area (Å²) in [6.07, 6.45) is 6.71. The topological polar surface area (TPSA) is 70.7 Å². The van der Waals surface area contributed by atoms with Gasteiger partial charge in [0.15, 0.2) is 0 Å². The van der Waals surface area contributed by atoms with Crippen molar-refractivity contribution in [2.75, 3.05) is 5.32 Å². The van der Waals surface area contributed by atoms with E-state index in [1.54, 1.807) is 12.1 Å². The second kappa shape index (κ2) is 6.74. The minimum absolute atomic E-state index is 0.127. The van der Waals surface area contributed by atoms with Crippen molar-refractivity contribution in [2.24, 2.45) is 0 Å². The molecule has 1 aromatic carbocycles. The van der Waals surface area contributed by atoms with E-state index in [0.717, 1.165) is 5.56 Å². The van der Waals surface area contributed by atoms with Crippen LogP contribution in [0.3, 0.4) is 0 Å². The average Bonchev–Trinajstić information content (AvgIpc) is 2.51. The monoisotopic (exact) mass is 342 g/mol. The van der Waals surface area contributed by atoms with Crippen LogP contribution in [0.4, 0.5) is 5.69 Å². The zero-order chi connectivity index (χ0) is 15.2. The van der Waals surface area contributed by atoms with Crippen molar-refractivity contribution >= 4 is 21.6 Å². The van der Waals surface area contributed by atoms with E-state index in [9.17, 15) is 4.79 Å². The van der Waals surface area contributed by atoms with Crippen molar-refractivity contribution in [3.63, 3.8) is 0 Å². The Hall–Kier alpha value is -2.57. The minimum Gasteiger partial charge on any atom is -0.379 e. The number of hydrogen-bond acceptors (Lipinski definition) is 4. The summed E-state index contributed by atoms with van der Waals surface area (Å²) in [7, 11) is 0. The number of terminal acetylenes is 1. The summed E-state index contributed by atoms with van der Waals surface area (Å²) in [4.78, 5) is 12.0. The number of rotatable bonds is 4. The van der Waals surface area contributed by atoms with Crippen LogP contribution in [0, 0.1) is 23.7 Å². The van der Waals surface area contributed by atoms with Crippen LogP contribution in [-0.2, 0) is 13.1 Å². The highest BCUT2D eigenvalue weighted by atomic mass is 79.9. The van der Waals surface area contributed by atoms with Gasteiger partial charge in [-0.05, 0) is 33.6 Å². The van der Waals surface area contributed by atoms with Crippen molar-refractivity contribution in [1.82, 2.24) is 9.78 Å². The number of aromatic nitrogens is 2. The normalized spacial score (nSPS) is 9.67. The van der Waals surface area contributed by atoms with E-state index < -0.39 is 0 Å². The Balaban J connectivity index is 2.17. The first-order chi connectivity index (χ1) is 10.2. The maximum Gasteiger partial charge on any atom is 0.284 e. The molecule has 1 aromatic heterocycles. The summed E-state index contributed by atoms with van der Waals surface area (Å²) in [6.45, 7) is 0.607. The number of nitriles is 1. The first-order valence-electron chi connectivity index (χ1n) is 6.07. The molecule has 21 heavy (non-hydrogen) atoms. The Kier molecular flexibility index (Phi) is 4.76. The molecule has 2 aromatic rings. The zero-order valence-electron chi connectivity index (χ0n) is 11.0. The van der Waals surface area contributed by atoms with Crippen LogP contribution in [0.15, 0.2) is 39.7 Å². The van der Waals surface area contributed by atoms with Crippen molar-refractivity contribution < 1.29 is 0 Å². The standard InChI is InChI=1S/C15H11BrN4O/c1-2-6-20-15(21)14(16)13(10-19-20)18-9-12-5-3-4-11(7-12)8-17/h1,3-5,7,10,18H,6,9H2. The third-order valence-electron chi connectivity index (χ3n) is 2.76. The molecule has 104 valence electrons. The zero-order valence-corrected chi connectivity index (χ0v) is 12.6. The molecule has 0 atom stereocenters. The van der Waals surface area contributed by atoms with Crippen LogP contribution >= 0.6 is 15.9 Å². The molecule has 0 aliphatic heterocycles. The van der Waals surface area contributed by atoms with Gasteiger partial charge in [-0.1, -0.05) is 18.1 Å². The van der Waals surface area contributed by atoms with E-state index in [-0.39, 0.29) is 12.1 Å². The van der Waals surface area contributed by atoms with Gasteiger partial charge in [0.1, 0.15) is 11.0 Å². The molecule has 1 N–H and O–H groups in total. The van der Waals surface area contributed by atoms with Crippen LogP contribution in [0.5, 0.6) is 0 Å². The molecule has 0 aliphatic rings. The maximum atomic E-state index is 12.0. The largest absolute Gasteiger partial charge is 0.379 e. The number of nitrogens with one attached hydrogen (secondary N) is 1. The predicted octanol–water partition coefficient (Wildman–Crippen LogP) is 2.12. The van der Waals surface area contributed by atoms with Crippen LogP contribution in [0.1, 0.15) is 11.1 Å². The lowest BCUT2D eigenvalue weighted by molar-refractivity contribution is 0.659. The molecule has 0 fully saturated rings. The maximum absolute atomic E-state index is 12.0.